The van der Waals surface area contributed by atoms with Crippen molar-refractivity contribution in [2.75, 3.05) is 7.11 Å². The van der Waals surface area contributed by atoms with Crippen LogP contribution < -0.4 is 0 Å². The molecule has 0 unspecified atom stereocenters. The molecule has 0 radical (unpaired) electrons. The average molecular weight is 298 g/mol. The fraction of sp³-hybridized carbons (Fsp3) is 0.333. The first-order valence-electron chi connectivity index (χ1n) is 4.15. The second-order valence-corrected chi connectivity index (χ2v) is 3.59. The minimum atomic E-state index is -3.01. The van der Waals surface area contributed by atoms with Crippen molar-refractivity contribution in [2.24, 2.45) is 0 Å². The number of esters is 1. The molecular weight excluding hydrogens is 291 g/mol. The van der Waals surface area contributed by atoms with Crippen molar-refractivity contribution in [3.63, 3.8) is 0 Å². The Labute approximate surface area is 97.8 Å². The number of hydrogen-bond donors (Lipinski definition) is 0. The second-order valence-electron chi connectivity index (χ2n) is 2.84. The van der Waals surface area contributed by atoms with Gasteiger partial charge in [-0.15, -0.1) is 0 Å². The Morgan fingerprint density at radius 1 is 1.62 bits per heavy atom. The van der Waals surface area contributed by atoms with Gasteiger partial charge < -0.3 is 4.74 Å². The fourth-order valence-electron chi connectivity index (χ4n) is 1.14. The first kappa shape index (κ1) is 13.0. The van der Waals surface area contributed by atoms with Gasteiger partial charge in [0.25, 0.3) is 6.43 Å². The van der Waals surface area contributed by atoms with Crippen LogP contribution in [-0.2, 0) is 16.0 Å². The molecule has 0 amide bonds. The first-order chi connectivity index (χ1) is 7.47. The third-order valence-electron chi connectivity index (χ3n) is 1.89. The van der Waals surface area contributed by atoms with E-state index in [1.54, 1.807) is 0 Å². The van der Waals surface area contributed by atoms with Gasteiger partial charge in [0.05, 0.1) is 25.3 Å². The molecule has 0 saturated heterocycles. The predicted molar refractivity (Wildman–Crippen MR) is 52.6 cm³/mol. The molecule has 0 aliphatic heterocycles. The third kappa shape index (κ3) is 2.72. The Balaban J connectivity index is 3.23. The summed E-state index contributed by atoms with van der Waals surface area (Å²) in [6.45, 7) is 0. The van der Waals surface area contributed by atoms with Gasteiger partial charge in [0, 0.05) is 5.56 Å². The molecule has 88 valence electrons. The molecule has 7 heteroatoms. The summed E-state index contributed by atoms with van der Waals surface area (Å²) in [6, 6.07) is 0. The molecular formula is C9H7BrF3NO2. The summed E-state index contributed by atoms with van der Waals surface area (Å²) in [4.78, 5) is 14.5. The van der Waals surface area contributed by atoms with Gasteiger partial charge >= 0.3 is 5.97 Å². The number of ether oxygens (including phenoxy) is 1. The molecule has 0 N–H and O–H groups in total. The molecule has 0 aliphatic rings. The number of carbonyl (C=O) groups excluding carboxylic acids is 1. The molecule has 1 aromatic rings. The van der Waals surface area contributed by atoms with Crippen molar-refractivity contribution in [2.45, 2.75) is 12.8 Å². The lowest BCUT2D eigenvalue weighted by Crippen LogP contribution is -2.10. The molecule has 1 heterocycles. The molecule has 3 nitrogen and oxygen atoms in total. The molecule has 0 spiro atoms. The van der Waals surface area contributed by atoms with Crippen LogP contribution in [0.1, 0.15) is 17.6 Å². The summed E-state index contributed by atoms with van der Waals surface area (Å²) in [7, 11) is 1.12. The minimum absolute atomic E-state index is 0.00889. The highest BCUT2D eigenvalue weighted by molar-refractivity contribution is 9.10. The van der Waals surface area contributed by atoms with Gasteiger partial charge in [0.2, 0.25) is 0 Å². The monoisotopic (exact) mass is 297 g/mol. The van der Waals surface area contributed by atoms with E-state index < -0.39 is 30.2 Å². The number of carbonyl (C=O) groups is 1. The molecule has 0 aromatic carbocycles. The van der Waals surface area contributed by atoms with Crippen LogP contribution in [0, 0.1) is 5.82 Å². The van der Waals surface area contributed by atoms with E-state index in [1.807, 2.05) is 0 Å². The van der Waals surface area contributed by atoms with Crippen molar-refractivity contribution in [1.82, 2.24) is 4.98 Å². The summed E-state index contributed by atoms with van der Waals surface area (Å²) >= 11 is 2.89. The van der Waals surface area contributed by atoms with Crippen molar-refractivity contribution >= 4 is 21.9 Å². The lowest BCUT2D eigenvalue weighted by atomic mass is 10.1. The summed E-state index contributed by atoms with van der Waals surface area (Å²) in [5.41, 5.74) is -1.02. The zero-order valence-electron chi connectivity index (χ0n) is 8.14. The highest BCUT2D eigenvalue weighted by atomic mass is 79.9. The van der Waals surface area contributed by atoms with Gasteiger partial charge in [0.15, 0.2) is 5.82 Å². The second kappa shape index (κ2) is 5.29. The molecule has 16 heavy (non-hydrogen) atoms. The van der Waals surface area contributed by atoms with Crippen LogP contribution in [0.3, 0.4) is 0 Å². The summed E-state index contributed by atoms with van der Waals surface area (Å²) in [6.07, 6.45) is -2.80. The van der Waals surface area contributed by atoms with Gasteiger partial charge in [-0.3, -0.25) is 4.79 Å². The van der Waals surface area contributed by atoms with E-state index in [2.05, 4.69) is 25.7 Å². The van der Waals surface area contributed by atoms with Crippen molar-refractivity contribution in [1.29, 1.82) is 0 Å². The number of nitrogens with zero attached hydrogens (tertiary/aromatic N) is 1. The minimum Gasteiger partial charge on any atom is -0.469 e. The number of halogens is 4. The fourth-order valence-corrected chi connectivity index (χ4v) is 1.59. The molecule has 0 saturated carbocycles. The van der Waals surface area contributed by atoms with Crippen molar-refractivity contribution in [3.05, 3.63) is 27.7 Å². The van der Waals surface area contributed by atoms with Crippen LogP contribution in [-0.4, -0.2) is 18.1 Å². The summed E-state index contributed by atoms with van der Waals surface area (Å²) in [5.74, 6) is -1.88. The normalized spacial score (nSPS) is 10.6. The topological polar surface area (TPSA) is 39.2 Å². The van der Waals surface area contributed by atoms with Crippen molar-refractivity contribution in [3.8, 4) is 0 Å². The smallest absolute Gasteiger partial charge is 0.310 e. The van der Waals surface area contributed by atoms with E-state index in [9.17, 15) is 18.0 Å². The summed E-state index contributed by atoms with van der Waals surface area (Å²) < 4.78 is 42.6. The Morgan fingerprint density at radius 2 is 2.25 bits per heavy atom. The van der Waals surface area contributed by atoms with E-state index in [-0.39, 0.29) is 10.2 Å². The van der Waals surface area contributed by atoms with Crippen LogP contribution in [0.15, 0.2) is 10.8 Å². The van der Waals surface area contributed by atoms with E-state index in [0.717, 1.165) is 7.11 Å². The van der Waals surface area contributed by atoms with Gasteiger partial charge in [-0.1, -0.05) is 0 Å². The Kier molecular flexibility index (Phi) is 4.28. The first-order valence-corrected chi connectivity index (χ1v) is 4.94. The third-order valence-corrected chi connectivity index (χ3v) is 2.57. The van der Waals surface area contributed by atoms with Gasteiger partial charge in [0.1, 0.15) is 4.60 Å². The number of aromatic nitrogens is 1. The lowest BCUT2D eigenvalue weighted by molar-refractivity contribution is -0.139. The molecule has 0 aliphatic carbocycles. The highest BCUT2D eigenvalue weighted by Crippen LogP contribution is 2.30. The molecule has 0 fully saturated rings. The Bertz CT molecular complexity index is 412. The molecule has 1 rings (SSSR count). The van der Waals surface area contributed by atoms with Crippen molar-refractivity contribution < 1.29 is 22.7 Å². The van der Waals surface area contributed by atoms with Gasteiger partial charge in [-0.2, -0.15) is 0 Å². The SMILES string of the molecule is COC(=O)Cc1c(Br)ncc(F)c1C(F)F. The van der Waals surface area contributed by atoms with Crippen LogP contribution >= 0.6 is 15.9 Å². The number of rotatable bonds is 3. The average Bonchev–Trinajstić information content (AvgIpc) is 2.22. The van der Waals surface area contributed by atoms with Crippen LogP contribution in [0.5, 0.6) is 0 Å². The quantitative estimate of drug-likeness (QED) is 0.636. The van der Waals surface area contributed by atoms with Crippen LogP contribution in [0.2, 0.25) is 0 Å². The standard InChI is InChI=1S/C9H7BrF3NO2/c1-16-6(15)2-4-7(9(12)13)5(11)3-14-8(4)10/h3,9H,2H2,1H3. The van der Waals surface area contributed by atoms with E-state index in [0.29, 0.717) is 6.20 Å². The molecule has 0 bridgehead atoms. The number of alkyl halides is 2. The number of pyridine rings is 1. The zero-order chi connectivity index (χ0) is 12.3. The maximum absolute atomic E-state index is 13.1. The van der Waals surface area contributed by atoms with E-state index in [1.165, 1.54) is 0 Å². The Morgan fingerprint density at radius 3 is 2.75 bits per heavy atom. The zero-order valence-corrected chi connectivity index (χ0v) is 9.72. The maximum atomic E-state index is 13.1. The highest BCUT2D eigenvalue weighted by Gasteiger charge is 2.23. The van der Waals surface area contributed by atoms with E-state index >= 15 is 0 Å². The molecule has 0 atom stereocenters. The summed E-state index contributed by atoms with van der Waals surface area (Å²) in [5, 5.41) is 0. The molecule has 1 aromatic heterocycles. The maximum Gasteiger partial charge on any atom is 0.310 e. The van der Waals surface area contributed by atoms with E-state index in [4.69, 9.17) is 0 Å². The van der Waals surface area contributed by atoms with Gasteiger partial charge in [-0.05, 0) is 15.9 Å². The lowest BCUT2D eigenvalue weighted by Gasteiger charge is -2.10. The Hall–Kier alpha value is -1.11. The van der Waals surface area contributed by atoms with Crippen LogP contribution in [0.4, 0.5) is 13.2 Å². The van der Waals surface area contributed by atoms with Gasteiger partial charge in [-0.25, -0.2) is 18.2 Å². The predicted octanol–water partition coefficient (Wildman–Crippen LogP) is 2.64. The number of hydrogen-bond acceptors (Lipinski definition) is 3. The number of methoxy groups -OCH3 is 1. The largest absolute Gasteiger partial charge is 0.469 e. The van der Waals surface area contributed by atoms with Crippen LogP contribution in [0.25, 0.3) is 0 Å².